The average molecular weight is 401 g/mol. The Hall–Kier alpha value is -4.67. The number of hydrogen-bond donors (Lipinski definition) is 5. The smallest absolute Gasteiger partial charge is 0.319 e. The molecule has 11 heteroatoms. The van der Waals surface area contributed by atoms with Crippen LogP contribution in [-0.2, 0) is 0 Å². The van der Waals surface area contributed by atoms with E-state index in [1.807, 2.05) is 23.6 Å². The van der Waals surface area contributed by atoms with Crippen LogP contribution in [0.3, 0.4) is 0 Å². The molecule has 0 radical (unpaired) electrons. The first kappa shape index (κ1) is 18.7. The summed E-state index contributed by atoms with van der Waals surface area (Å²) in [5, 5.41) is 15.7. The summed E-state index contributed by atoms with van der Waals surface area (Å²) in [6.07, 6.45) is 6.27. The highest BCUT2D eigenvalue weighted by molar-refractivity contribution is 6.11. The maximum Gasteiger partial charge on any atom is 0.341 e. The van der Waals surface area contributed by atoms with Crippen LogP contribution in [0, 0.1) is 5.53 Å². The summed E-state index contributed by atoms with van der Waals surface area (Å²) < 4.78 is 0. The van der Waals surface area contributed by atoms with Gasteiger partial charge in [-0.05, 0) is 35.9 Å². The van der Waals surface area contributed by atoms with E-state index in [1.54, 1.807) is 36.8 Å². The zero-order valence-corrected chi connectivity index (χ0v) is 15.4. The quantitative estimate of drug-likeness (QED) is 0.256. The van der Waals surface area contributed by atoms with Crippen molar-refractivity contribution in [2.45, 2.75) is 0 Å². The molecule has 0 unspecified atom stereocenters. The van der Waals surface area contributed by atoms with Crippen LogP contribution in [0.25, 0.3) is 22.0 Å². The fourth-order valence-corrected chi connectivity index (χ4v) is 2.87. The van der Waals surface area contributed by atoms with Crippen LogP contribution >= 0.6 is 0 Å². The number of pyridine rings is 2. The van der Waals surface area contributed by atoms with Crippen LogP contribution in [0.4, 0.5) is 16.2 Å². The van der Waals surface area contributed by atoms with Crippen LogP contribution in [0.15, 0.2) is 66.4 Å². The molecule has 148 valence electrons. The molecule has 0 spiro atoms. The van der Waals surface area contributed by atoms with Gasteiger partial charge in [0.25, 0.3) is 5.91 Å². The molecule has 0 bridgehead atoms. The highest BCUT2D eigenvalue weighted by Crippen LogP contribution is 2.27. The lowest BCUT2D eigenvalue weighted by molar-refractivity contribution is 0.102. The number of aromatic nitrogens is 4. The molecule has 11 nitrogen and oxygen atoms in total. The third-order valence-electron chi connectivity index (χ3n) is 4.18. The predicted molar refractivity (Wildman–Crippen MR) is 109 cm³/mol. The fourth-order valence-electron chi connectivity index (χ4n) is 2.87. The summed E-state index contributed by atoms with van der Waals surface area (Å²) in [5.41, 5.74) is 12.1. The molecule has 3 amide bonds. The van der Waals surface area contributed by atoms with Crippen molar-refractivity contribution < 1.29 is 9.59 Å². The lowest BCUT2D eigenvalue weighted by Crippen LogP contribution is -2.23. The van der Waals surface area contributed by atoms with Gasteiger partial charge in [0.2, 0.25) is 0 Å². The molecule has 0 saturated carbocycles. The molecule has 3 heterocycles. The van der Waals surface area contributed by atoms with E-state index in [2.05, 4.69) is 36.0 Å². The first-order valence-electron chi connectivity index (χ1n) is 8.72. The number of benzene rings is 1. The van der Waals surface area contributed by atoms with E-state index in [9.17, 15) is 9.59 Å². The largest absolute Gasteiger partial charge is 0.341 e. The Morgan fingerprint density at radius 2 is 1.83 bits per heavy atom. The highest BCUT2D eigenvalue weighted by Gasteiger charge is 2.15. The van der Waals surface area contributed by atoms with Gasteiger partial charge in [-0.15, -0.1) is 0 Å². The minimum atomic E-state index is -0.649. The van der Waals surface area contributed by atoms with Crippen LogP contribution in [0.2, 0.25) is 0 Å². The van der Waals surface area contributed by atoms with Gasteiger partial charge >= 0.3 is 6.03 Å². The first-order chi connectivity index (χ1) is 14.6. The number of H-pyrrole nitrogens is 1. The molecular weight excluding hydrogens is 386 g/mol. The number of hydrogen-bond acceptors (Lipinski definition) is 7. The predicted octanol–water partition coefficient (Wildman–Crippen LogP) is 3.34. The van der Waals surface area contributed by atoms with Crippen molar-refractivity contribution in [3.05, 3.63) is 66.9 Å². The number of amides is 3. The summed E-state index contributed by atoms with van der Waals surface area (Å²) in [6, 6.07) is 10.0. The maximum absolute atomic E-state index is 12.7. The molecule has 0 aliphatic carbocycles. The Kier molecular flexibility index (Phi) is 5.07. The van der Waals surface area contributed by atoms with Crippen molar-refractivity contribution in [3.8, 4) is 11.1 Å². The van der Waals surface area contributed by atoms with Crippen molar-refractivity contribution in [3.63, 3.8) is 0 Å². The Bertz CT molecular complexity index is 1240. The third kappa shape index (κ3) is 3.94. The van der Waals surface area contributed by atoms with E-state index < -0.39 is 6.03 Å². The van der Waals surface area contributed by atoms with Gasteiger partial charge in [0.05, 0.1) is 29.3 Å². The second kappa shape index (κ2) is 8.14. The van der Waals surface area contributed by atoms with E-state index >= 15 is 0 Å². The van der Waals surface area contributed by atoms with E-state index in [4.69, 9.17) is 5.53 Å². The molecule has 0 saturated heterocycles. The Balaban J connectivity index is 1.64. The van der Waals surface area contributed by atoms with Crippen molar-refractivity contribution in [2.24, 2.45) is 5.22 Å². The zero-order valence-electron chi connectivity index (χ0n) is 15.4. The first-order valence-corrected chi connectivity index (χ1v) is 8.72. The minimum absolute atomic E-state index is 0.245. The number of carbonyl (C=O) groups is 2. The topological polar surface area (TPSA) is 161 Å². The summed E-state index contributed by atoms with van der Waals surface area (Å²) in [4.78, 5) is 32.3. The van der Waals surface area contributed by atoms with E-state index in [1.165, 1.54) is 6.20 Å². The second-order valence-corrected chi connectivity index (χ2v) is 6.17. The van der Waals surface area contributed by atoms with E-state index in [-0.39, 0.29) is 11.6 Å². The minimum Gasteiger partial charge on any atom is -0.319 e. The maximum atomic E-state index is 12.7. The molecule has 3 aromatic heterocycles. The summed E-state index contributed by atoms with van der Waals surface area (Å²) in [5.74, 6) is -0.365. The van der Waals surface area contributed by atoms with Crippen molar-refractivity contribution in [1.29, 1.82) is 5.53 Å². The Morgan fingerprint density at radius 3 is 2.63 bits per heavy atom. The van der Waals surface area contributed by atoms with Crippen molar-refractivity contribution >= 4 is 34.2 Å². The van der Waals surface area contributed by atoms with Crippen molar-refractivity contribution in [1.82, 2.24) is 25.6 Å². The molecule has 4 rings (SSSR count). The van der Waals surface area contributed by atoms with Gasteiger partial charge in [0.1, 0.15) is 0 Å². The molecule has 0 atom stereocenters. The summed E-state index contributed by atoms with van der Waals surface area (Å²) in [7, 11) is 0. The van der Waals surface area contributed by atoms with Crippen LogP contribution in [0.1, 0.15) is 10.5 Å². The molecule has 5 N–H and O–H groups in total. The highest BCUT2D eigenvalue weighted by atomic mass is 16.2. The SMILES string of the molecule is N=NNC(=O)Nc1cncc(-c2ccc3[nH]nc(C(=O)Nc4cccnc4)c3c2)c1. The monoisotopic (exact) mass is 401 g/mol. The van der Waals surface area contributed by atoms with Gasteiger partial charge in [0.15, 0.2) is 5.69 Å². The fraction of sp³-hybridized carbons (Fsp3) is 0. The van der Waals surface area contributed by atoms with Crippen LogP contribution in [0.5, 0.6) is 0 Å². The normalized spacial score (nSPS) is 10.4. The molecule has 30 heavy (non-hydrogen) atoms. The molecule has 0 aliphatic heterocycles. The van der Waals surface area contributed by atoms with Gasteiger partial charge in [-0.1, -0.05) is 11.3 Å². The number of rotatable bonds is 5. The van der Waals surface area contributed by atoms with Gasteiger partial charge in [-0.3, -0.25) is 19.9 Å². The lowest BCUT2D eigenvalue weighted by Gasteiger charge is -2.07. The average Bonchev–Trinajstić information content (AvgIpc) is 3.18. The van der Waals surface area contributed by atoms with Crippen LogP contribution in [-0.4, -0.2) is 32.1 Å². The standard InChI is InChI=1S/C19H15N9O2/c20-28-27-19(30)24-14-6-12(8-22-10-14)11-3-4-16-15(7-11)17(26-25-16)18(29)23-13-2-1-5-21-9-13/h1-10H,(H,23,29)(H,25,26)(H3,20,24,27,30). The Morgan fingerprint density at radius 1 is 0.967 bits per heavy atom. The number of nitrogens with one attached hydrogen (secondary N) is 5. The lowest BCUT2D eigenvalue weighted by atomic mass is 10.0. The second-order valence-electron chi connectivity index (χ2n) is 6.17. The molecule has 0 fully saturated rings. The third-order valence-corrected chi connectivity index (χ3v) is 4.18. The number of anilines is 2. The molecular formula is C19H15N9O2. The molecule has 0 aliphatic rings. The summed E-state index contributed by atoms with van der Waals surface area (Å²) in [6.45, 7) is 0. The number of aromatic amines is 1. The van der Waals surface area contributed by atoms with Crippen molar-refractivity contribution in [2.75, 3.05) is 10.6 Å². The van der Waals surface area contributed by atoms with E-state index in [0.717, 1.165) is 11.1 Å². The van der Waals surface area contributed by atoms with E-state index in [0.29, 0.717) is 22.3 Å². The molecule has 1 aromatic carbocycles. The van der Waals surface area contributed by atoms with Crippen LogP contribution < -0.4 is 16.1 Å². The van der Waals surface area contributed by atoms with Gasteiger partial charge in [-0.25, -0.2) is 10.2 Å². The number of nitrogens with zero attached hydrogens (tertiary/aromatic N) is 4. The zero-order chi connectivity index (χ0) is 20.9. The summed E-state index contributed by atoms with van der Waals surface area (Å²) >= 11 is 0. The number of carbonyl (C=O) groups excluding carboxylic acids is 2. The number of urea groups is 1. The van der Waals surface area contributed by atoms with Gasteiger partial charge in [0, 0.05) is 23.3 Å². The molecule has 4 aromatic rings. The van der Waals surface area contributed by atoms with Gasteiger partial charge < -0.3 is 10.6 Å². The van der Waals surface area contributed by atoms with Gasteiger partial charge in [-0.2, -0.15) is 10.6 Å². The number of fused-ring (bicyclic) bond motifs is 1. The Labute approximate surface area is 169 Å².